The monoisotopic (exact) mass is 662 g/mol. The van der Waals surface area contributed by atoms with E-state index < -0.39 is 24.1 Å². The summed E-state index contributed by atoms with van der Waals surface area (Å²) < 4.78 is 66.4. The molecule has 0 aliphatic heterocycles. The molecule has 0 unspecified atom stereocenters. The van der Waals surface area contributed by atoms with Crippen molar-refractivity contribution in [3.63, 3.8) is 0 Å². The minimum atomic E-state index is -4.82. The Morgan fingerprint density at radius 2 is 0.933 bits per heavy atom. The lowest BCUT2D eigenvalue weighted by Gasteiger charge is -2.14. The van der Waals surface area contributed by atoms with Gasteiger partial charge in [-0.15, -0.1) is 4.79 Å². The highest BCUT2D eigenvalue weighted by Gasteiger charge is 2.47. The average molecular weight is 663 g/mol. The number of benzene rings is 2. The number of hydrogen-bond donors (Lipinski definition) is 0. The fourth-order valence-electron chi connectivity index (χ4n) is 5.13. The Morgan fingerprint density at radius 1 is 0.578 bits per heavy atom. The van der Waals surface area contributed by atoms with E-state index in [4.69, 9.17) is 9.47 Å². The maximum Gasteiger partial charge on any atom is 0.504 e. The zero-order valence-corrected chi connectivity index (χ0v) is 29.5. The minimum Gasteiger partial charge on any atom is -0.492 e. The topological polar surface area (TPSA) is 123 Å². The van der Waals surface area contributed by atoms with E-state index in [9.17, 15) is 22.4 Å². The summed E-state index contributed by atoms with van der Waals surface area (Å²) in [4.78, 5) is 2.23. The minimum absolute atomic E-state index is 0.0345. The molecule has 0 aliphatic carbocycles. The van der Waals surface area contributed by atoms with Crippen molar-refractivity contribution in [2.75, 3.05) is 13.2 Å². The Labute approximate surface area is 272 Å². The van der Waals surface area contributed by atoms with Crippen LogP contribution in [0.25, 0.3) is 5.53 Å². The smallest absolute Gasteiger partial charge is 0.492 e. The zero-order valence-electron chi connectivity index (χ0n) is 27.9. The van der Waals surface area contributed by atoms with Crippen LogP contribution in [-0.2, 0) is 32.5 Å². The molecule has 10 heteroatoms. The molecular weight excluding hydrogens is 609 g/mol. The van der Waals surface area contributed by atoms with E-state index >= 15 is 0 Å². The molecule has 0 atom stereocenters. The summed E-state index contributed by atoms with van der Waals surface area (Å²) in [5.41, 5.74) is 11.3. The first-order valence-corrected chi connectivity index (χ1v) is 19.9. The highest BCUT2D eigenvalue weighted by molar-refractivity contribution is 8.31. The number of nitrogens with zero attached hydrogens (tertiary/aromatic N) is 2. The maximum atomic E-state index is 14.0. The summed E-state index contributed by atoms with van der Waals surface area (Å²) in [7, 11) is -9.65. The van der Waals surface area contributed by atoms with Gasteiger partial charge in [0, 0.05) is 0 Å². The first kappa shape index (κ1) is 38.5. The fourth-order valence-corrected chi connectivity index (χ4v) is 8.81. The van der Waals surface area contributed by atoms with Gasteiger partial charge in [0.05, 0.1) is 13.2 Å². The summed E-state index contributed by atoms with van der Waals surface area (Å²) in [5.74, 6) is 0.0690. The normalized spacial score (nSPS) is 11.7. The van der Waals surface area contributed by atoms with Crippen LogP contribution in [0.1, 0.15) is 129 Å². The number of ether oxygens (including phenoxy) is 2. The molecule has 2 aromatic rings. The molecule has 252 valence electrons. The summed E-state index contributed by atoms with van der Waals surface area (Å²) in [6.07, 6.45) is 16.1. The first-order valence-electron chi connectivity index (χ1n) is 16.9. The molecule has 0 radical (unpaired) electrons. The lowest BCUT2D eigenvalue weighted by molar-refractivity contribution is 0.00377. The van der Waals surface area contributed by atoms with Gasteiger partial charge in [-0.1, -0.05) is 117 Å². The zero-order chi connectivity index (χ0) is 33.1. The van der Waals surface area contributed by atoms with Crippen molar-refractivity contribution in [1.29, 1.82) is 0 Å². The van der Waals surface area contributed by atoms with Crippen LogP contribution < -0.4 is 9.47 Å². The first-order chi connectivity index (χ1) is 21.7. The van der Waals surface area contributed by atoms with Gasteiger partial charge in [-0.25, -0.2) is 16.8 Å². The average Bonchev–Trinajstić information content (AvgIpc) is 3.03. The van der Waals surface area contributed by atoms with Crippen molar-refractivity contribution in [2.24, 2.45) is 0 Å². The third-order valence-electron chi connectivity index (χ3n) is 7.96. The van der Waals surface area contributed by atoms with Crippen LogP contribution in [0.15, 0.2) is 46.2 Å². The molecule has 0 aliphatic rings. The van der Waals surface area contributed by atoms with Crippen molar-refractivity contribution in [2.45, 2.75) is 140 Å². The van der Waals surface area contributed by atoms with Gasteiger partial charge in [-0.05, 0) is 61.1 Å². The van der Waals surface area contributed by atoms with Crippen LogP contribution in [0.3, 0.4) is 0 Å². The predicted molar refractivity (Wildman–Crippen MR) is 182 cm³/mol. The van der Waals surface area contributed by atoms with Crippen molar-refractivity contribution >= 4 is 24.1 Å². The quantitative estimate of drug-likeness (QED) is 0.0408. The molecule has 0 fully saturated rings. The van der Waals surface area contributed by atoms with Crippen LogP contribution in [0.5, 0.6) is 11.5 Å². The number of hydrogen-bond acceptors (Lipinski definition) is 6. The molecule has 45 heavy (non-hydrogen) atoms. The maximum absolute atomic E-state index is 14.0. The van der Waals surface area contributed by atoms with Crippen LogP contribution in [0.4, 0.5) is 0 Å². The van der Waals surface area contributed by atoms with E-state index in [0.29, 0.717) is 24.0 Å². The Balaban J connectivity index is 2.32. The summed E-state index contributed by atoms with van der Waals surface area (Å²) >= 11 is 0. The lowest BCUT2D eigenvalue weighted by Crippen LogP contribution is -2.27. The second-order valence-electron chi connectivity index (χ2n) is 11.6. The summed E-state index contributed by atoms with van der Waals surface area (Å²) in [6, 6.07) is 9.40. The molecule has 8 nitrogen and oxygen atoms in total. The van der Waals surface area contributed by atoms with Crippen LogP contribution in [-0.4, -0.2) is 39.2 Å². The summed E-state index contributed by atoms with van der Waals surface area (Å²) in [5, 5.41) is 0. The number of unbranched alkanes of at least 4 members (excludes halogenated alkanes) is 12. The van der Waals surface area contributed by atoms with Crippen molar-refractivity contribution in [3.05, 3.63) is 53.1 Å². The molecule has 0 N–H and O–H groups in total. The standard InChI is InChI=1S/C35H54N2O6S2/c1-5-9-11-13-15-17-19-25-42-31-23-21-29(7-3)27-33(31)44(38,39)35(37-36)45(40,41)34-28-30(8-4)22-24-32(34)43-26-20-18-16-14-12-10-6-2/h21-24,27-28H,5-20,25-26H2,1-4H3. The van der Waals surface area contributed by atoms with E-state index in [1.54, 1.807) is 24.3 Å². The SMILES string of the molecule is CCCCCCCCCOc1ccc(CC)cc1S(=O)(=O)C(=[N+]=[N-])S(=O)(=O)c1cc(CC)ccc1OCCCCCCCCC. The van der Waals surface area contributed by atoms with E-state index in [1.165, 1.54) is 50.7 Å². The molecule has 0 saturated heterocycles. The van der Waals surface area contributed by atoms with E-state index in [2.05, 4.69) is 18.6 Å². The highest BCUT2D eigenvalue weighted by Crippen LogP contribution is 2.33. The van der Waals surface area contributed by atoms with Gasteiger partial charge in [0.25, 0.3) is 19.7 Å². The molecule has 0 aromatic heterocycles. The Morgan fingerprint density at radius 3 is 1.27 bits per heavy atom. The lowest BCUT2D eigenvalue weighted by atomic mass is 10.1. The second-order valence-corrected chi connectivity index (χ2v) is 15.5. The number of sulfone groups is 2. The van der Waals surface area contributed by atoms with Gasteiger partial charge in [-0.2, -0.15) is 0 Å². The van der Waals surface area contributed by atoms with Crippen molar-refractivity contribution in [3.8, 4) is 11.5 Å². The predicted octanol–water partition coefficient (Wildman–Crippen LogP) is 8.90. The molecular formula is C35H54N2O6S2. The fraction of sp³-hybridized carbons (Fsp3) is 0.629. The third-order valence-corrected chi connectivity index (χ3v) is 12.2. The Kier molecular flexibility index (Phi) is 17.5. The molecule has 2 aromatic carbocycles. The molecule has 0 saturated carbocycles. The van der Waals surface area contributed by atoms with E-state index in [1.807, 2.05) is 13.8 Å². The van der Waals surface area contributed by atoms with E-state index in [-0.39, 0.29) is 34.5 Å². The van der Waals surface area contributed by atoms with Crippen LogP contribution >= 0.6 is 0 Å². The van der Waals surface area contributed by atoms with Gasteiger partial charge in [0.15, 0.2) is 0 Å². The second kappa shape index (κ2) is 20.4. The van der Waals surface area contributed by atoms with Crippen molar-refractivity contribution in [1.82, 2.24) is 0 Å². The van der Waals surface area contributed by atoms with Crippen LogP contribution in [0, 0.1) is 0 Å². The third kappa shape index (κ3) is 11.9. The molecule has 0 bridgehead atoms. The molecule has 0 spiro atoms. The van der Waals surface area contributed by atoms with Gasteiger partial charge < -0.3 is 15.0 Å². The van der Waals surface area contributed by atoms with Gasteiger partial charge in [0.1, 0.15) is 21.3 Å². The number of aryl methyl sites for hydroxylation is 2. The van der Waals surface area contributed by atoms with Crippen molar-refractivity contribution < 1.29 is 31.1 Å². The molecule has 2 rings (SSSR count). The Bertz CT molecular complexity index is 1340. The number of rotatable bonds is 22. The highest BCUT2D eigenvalue weighted by atomic mass is 32.3. The van der Waals surface area contributed by atoms with E-state index in [0.717, 1.165) is 51.4 Å². The largest absolute Gasteiger partial charge is 0.504 e. The molecule has 0 amide bonds. The van der Waals surface area contributed by atoms with Gasteiger partial charge in [0.2, 0.25) is 0 Å². The molecule has 0 heterocycles. The van der Waals surface area contributed by atoms with Crippen LogP contribution in [0.2, 0.25) is 0 Å². The summed E-state index contributed by atoms with van der Waals surface area (Å²) in [6.45, 7) is 8.66. The van der Waals surface area contributed by atoms with Gasteiger partial charge in [-0.3, -0.25) is 0 Å². The van der Waals surface area contributed by atoms with Gasteiger partial charge >= 0.3 is 4.38 Å². The Hall–Kier alpha value is -2.68.